The van der Waals surface area contributed by atoms with E-state index in [-0.39, 0.29) is 16.7 Å². The predicted octanol–water partition coefficient (Wildman–Crippen LogP) is 3.04. The maximum absolute atomic E-state index is 12.5. The summed E-state index contributed by atoms with van der Waals surface area (Å²) in [5, 5.41) is 3.53. The van der Waals surface area contributed by atoms with E-state index in [1.807, 2.05) is 19.9 Å². The fraction of sp³-hybridized carbons (Fsp3) is 0.467. The van der Waals surface area contributed by atoms with Crippen molar-refractivity contribution in [2.24, 2.45) is 0 Å². The van der Waals surface area contributed by atoms with Gasteiger partial charge in [-0.25, -0.2) is 0 Å². The lowest BCUT2D eigenvalue weighted by atomic mass is 10.1. The Labute approximate surface area is 133 Å². The molecule has 0 spiro atoms. The highest BCUT2D eigenvalue weighted by Crippen LogP contribution is 2.47. The highest BCUT2D eigenvalue weighted by atomic mass is 35.5. The zero-order valence-corrected chi connectivity index (χ0v) is 13.6. The number of fused-ring (bicyclic) bond motifs is 1. The van der Waals surface area contributed by atoms with Crippen molar-refractivity contribution in [3.63, 3.8) is 0 Å². The van der Waals surface area contributed by atoms with E-state index in [1.54, 1.807) is 28.8 Å². The number of nitrogens with zero attached hydrogens (tertiary/aromatic N) is 1. The Morgan fingerprint density at radius 2 is 2.29 bits per heavy atom. The van der Waals surface area contributed by atoms with Crippen LogP contribution in [0.4, 0.5) is 5.69 Å². The van der Waals surface area contributed by atoms with Crippen LogP contribution >= 0.6 is 23.4 Å². The van der Waals surface area contributed by atoms with Crippen LogP contribution < -0.4 is 5.32 Å². The van der Waals surface area contributed by atoms with Gasteiger partial charge in [0.25, 0.3) is 0 Å². The second kappa shape index (κ2) is 5.21. The van der Waals surface area contributed by atoms with Gasteiger partial charge in [-0.3, -0.25) is 9.59 Å². The summed E-state index contributed by atoms with van der Waals surface area (Å²) in [5.41, 5.74) is 1.55. The molecule has 0 saturated carbocycles. The second-order valence-corrected chi connectivity index (χ2v) is 7.58. The first-order valence-corrected chi connectivity index (χ1v) is 8.31. The van der Waals surface area contributed by atoms with E-state index in [0.717, 1.165) is 12.0 Å². The third kappa shape index (κ3) is 2.42. The van der Waals surface area contributed by atoms with Crippen molar-refractivity contribution >= 4 is 40.9 Å². The standard InChI is InChI=1S/C15H17ClN2O2S/c1-9-10(16)4-3-5-11(9)17-14(20)12-8-21-15(2)7-6-13(19)18(12)15/h3-5,12H,6-8H2,1-2H3,(H,17,20). The largest absolute Gasteiger partial charge is 0.324 e. The van der Waals surface area contributed by atoms with Gasteiger partial charge in [0, 0.05) is 22.9 Å². The molecule has 2 fully saturated rings. The Hall–Kier alpha value is -1.20. The number of benzene rings is 1. The number of nitrogens with one attached hydrogen (secondary N) is 1. The van der Waals surface area contributed by atoms with Gasteiger partial charge in [-0.1, -0.05) is 17.7 Å². The van der Waals surface area contributed by atoms with Crippen molar-refractivity contribution in [3.05, 3.63) is 28.8 Å². The third-order valence-electron chi connectivity index (χ3n) is 4.27. The van der Waals surface area contributed by atoms with Crippen molar-refractivity contribution in [1.29, 1.82) is 0 Å². The maximum atomic E-state index is 12.5. The van der Waals surface area contributed by atoms with Gasteiger partial charge in [-0.05, 0) is 38.0 Å². The molecule has 1 aromatic rings. The molecular weight excluding hydrogens is 308 g/mol. The fourth-order valence-electron chi connectivity index (χ4n) is 2.97. The molecule has 6 heteroatoms. The lowest BCUT2D eigenvalue weighted by Crippen LogP contribution is -2.48. The molecule has 2 atom stereocenters. The van der Waals surface area contributed by atoms with Crippen LogP contribution in [0.5, 0.6) is 0 Å². The Bertz CT molecular complexity index is 622. The highest BCUT2D eigenvalue weighted by molar-refractivity contribution is 8.01. The Morgan fingerprint density at radius 1 is 1.52 bits per heavy atom. The molecule has 2 saturated heterocycles. The SMILES string of the molecule is Cc1c(Cl)cccc1NC(=O)C1CSC2(C)CCC(=O)N12. The molecule has 2 heterocycles. The molecule has 2 aliphatic rings. The summed E-state index contributed by atoms with van der Waals surface area (Å²) in [7, 11) is 0. The average molecular weight is 325 g/mol. The van der Waals surface area contributed by atoms with E-state index in [0.29, 0.717) is 22.9 Å². The number of amides is 2. The van der Waals surface area contributed by atoms with Crippen LogP contribution in [0, 0.1) is 6.92 Å². The summed E-state index contributed by atoms with van der Waals surface area (Å²) in [4.78, 5) is 26.1. The number of hydrogen-bond acceptors (Lipinski definition) is 3. The minimum absolute atomic E-state index is 0.0745. The van der Waals surface area contributed by atoms with Gasteiger partial charge in [0.1, 0.15) is 6.04 Å². The molecule has 0 aromatic heterocycles. The number of halogens is 1. The maximum Gasteiger partial charge on any atom is 0.248 e. The summed E-state index contributed by atoms with van der Waals surface area (Å²) in [5.74, 6) is 0.588. The van der Waals surface area contributed by atoms with E-state index in [1.165, 1.54) is 0 Å². The molecular formula is C15H17ClN2O2S. The van der Waals surface area contributed by atoms with Crippen LogP contribution in [0.2, 0.25) is 5.02 Å². The third-order valence-corrected chi connectivity index (χ3v) is 6.19. The van der Waals surface area contributed by atoms with Gasteiger partial charge in [-0.2, -0.15) is 0 Å². The van der Waals surface area contributed by atoms with E-state index >= 15 is 0 Å². The van der Waals surface area contributed by atoms with Crippen LogP contribution in [0.25, 0.3) is 0 Å². The molecule has 0 aliphatic carbocycles. The van der Waals surface area contributed by atoms with Crippen LogP contribution in [-0.4, -0.2) is 33.4 Å². The number of carbonyl (C=O) groups is 2. The zero-order valence-electron chi connectivity index (χ0n) is 12.0. The molecule has 2 aliphatic heterocycles. The molecule has 21 heavy (non-hydrogen) atoms. The van der Waals surface area contributed by atoms with Gasteiger partial charge in [0.05, 0.1) is 4.87 Å². The van der Waals surface area contributed by atoms with Crippen LogP contribution in [-0.2, 0) is 9.59 Å². The smallest absolute Gasteiger partial charge is 0.248 e. The minimum Gasteiger partial charge on any atom is -0.324 e. The molecule has 2 amide bonds. The summed E-state index contributed by atoms with van der Waals surface area (Å²) >= 11 is 7.76. The summed E-state index contributed by atoms with van der Waals surface area (Å²) in [6.07, 6.45) is 1.35. The molecule has 2 unspecified atom stereocenters. The van der Waals surface area contributed by atoms with E-state index in [4.69, 9.17) is 11.6 Å². The normalized spacial score (nSPS) is 27.9. The van der Waals surface area contributed by atoms with E-state index in [2.05, 4.69) is 5.32 Å². The molecule has 1 N–H and O–H groups in total. The highest BCUT2D eigenvalue weighted by Gasteiger charge is 2.52. The second-order valence-electron chi connectivity index (χ2n) is 5.67. The lowest BCUT2D eigenvalue weighted by molar-refractivity contribution is -0.135. The minimum atomic E-state index is -0.395. The topological polar surface area (TPSA) is 49.4 Å². The van der Waals surface area contributed by atoms with E-state index < -0.39 is 6.04 Å². The van der Waals surface area contributed by atoms with Crippen molar-refractivity contribution in [1.82, 2.24) is 4.90 Å². The van der Waals surface area contributed by atoms with E-state index in [9.17, 15) is 9.59 Å². The summed E-state index contributed by atoms with van der Waals surface area (Å²) < 4.78 is 0. The molecule has 112 valence electrons. The quantitative estimate of drug-likeness (QED) is 0.909. The van der Waals surface area contributed by atoms with Gasteiger partial charge < -0.3 is 10.2 Å². The fourth-order valence-corrected chi connectivity index (χ4v) is 4.58. The number of hydrogen-bond donors (Lipinski definition) is 1. The Balaban J connectivity index is 1.80. The monoisotopic (exact) mass is 324 g/mol. The molecule has 1 aromatic carbocycles. The van der Waals surface area contributed by atoms with Gasteiger partial charge in [0.15, 0.2) is 0 Å². The van der Waals surface area contributed by atoms with Crippen molar-refractivity contribution in [2.75, 3.05) is 11.1 Å². The van der Waals surface area contributed by atoms with Crippen molar-refractivity contribution in [2.45, 2.75) is 37.6 Å². The van der Waals surface area contributed by atoms with Crippen LogP contribution in [0.3, 0.4) is 0 Å². The first kappa shape index (κ1) is 14.7. The molecule has 0 bridgehead atoms. The van der Waals surface area contributed by atoms with Crippen LogP contribution in [0.1, 0.15) is 25.3 Å². The molecule has 4 nitrogen and oxygen atoms in total. The predicted molar refractivity (Wildman–Crippen MR) is 85.5 cm³/mol. The molecule has 0 radical (unpaired) electrons. The first-order chi connectivity index (χ1) is 9.92. The summed E-state index contributed by atoms with van der Waals surface area (Å²) in [6.45, 7) is 3.91. The van der Waals surface area contributed by atoms with Gasteiger partial charge in [-0.15, -0.1) is 11.8 Å². The lowest BCUT2D eigenvalue weighted by Gasteiger charge is -2.30. The summed E-state index contributed by atoms with van der Waals surface area (Å²) in [6, 6.07) is 5.03. The van der Waals surface area contributed by atoms with Crippen molar-refractivity contribution < 1.29 is 9.59 Å². The first-order valence-electron chi connectivity index (χ1n) is 6.94. The molecule has 3 rings (SSSR count). The van der Waals surface area contributed by atoms with Gasteiger partial charge >= 0.3 is 0 Å². The Kier molecular flexibility index (Phi) is 3.66. The number of anilines is 1. The Morgan fingerprint density at radius 3 is 3.05 bits per heavy atom. The zero-order chi connectivity index (χ0) is 15.2. The van der Waals surface area contributed by atoms with Gasteiger partial charge in [0.2, 0.25) is 11.8 Å². The number of thioether (sulfide) groups is 1. The van der Waals surface area contributed by atoms with Crippen LogP contribution in [0.15, 0.2) is 18.2 Å². The van der Waals surface area contributed by atoms with Crippen molar-refractivity contribution in [3.8, 4) is 0 Å². The average Bonchev–Trinajstić information content (AvgIpc) is 2.92. The number of carbonyl (C=O) groups excluding carboxylic acids is 2. The number of rotatable bonds is 2.